The number of pyridine rings is 2. The van der Waals surface area contributed by atoms with Gasteiger partial charge in [0.15, 0.2) is 0 Å². The standard InChI is InChI=1S/C24H26N4O8/c1-15(29)28-18(16-9-5-7-11-25-16)23(35-21(31)33-3)13-27(2)14-24(20(23)30,36-22(32)34-4)19(28)17-10-6-8-12-26-17/h5-12,18-19H,13-14H2,1-4H3. The number of nitrogens with zero attached hydrogens (tertiary/aromatic N) is 4. The summed E-state index contributed by atoms with van der Waals surface area (Å²) in [6.07, 6.45) is 0.704. The second kappa shape index (κ2) is 9.53. The van der Waals surface area contributed by atoms with Crippen molar-refractivity contribution in [3.05, 3.63) is 60.2 Å². The Balaban J connectivity index is 2.08. The van der Waals surface area contributed by atoms with Gasteiger partial charge in [0.25, 0.3) is 0 Å². The second-order valence-electron chi connectivity index (χ2n) is 8.63. The third-order valence-electron chi connectivity index (χ3n) is 6.38. The monoisotopic (exact) mass is 498 g/mol. The van der Waals surface area contributed by atoms with Crippen LogP contribution in [-0.2, 0) is 28.5 Å². The smallest absolute Gasteiger partial charge is 0.438 e. The van der Waals surface area contributed by atoms with Crippen molar-refractivity contribution in [1.29, 1.82) is 0 Å². The number of likely N-dealkylation sites (N-methyl/N-ethyl adjacent to an activating group) is 1. The van der Waals surface area contributed by atoms with E-state index >= 15 is 0 Å². The number of piperidine rings is 2. The molecule has 0 aliphatic carbocycles. The lowest BCUT2D eigenvalue weighted by Gasteiger charge is -2.60. The molecule has 2 bridgehead atoms. The number of ether oxygens (including phenoxy) is 4. The van der Waals surface area contributed by atoms with Crippen molar-refractivity contribution < 1.29 is 38.1 Å². The lowest BCUT2D eigenvalue weighted by Crippen LogP contribution is -2.80. The number of hydrogen-bond donors (Lipinski definition) is 0. The Bertz CT molecular complexity index is 1080. The van der Waals surface area contributed by atoms with Gasteiger partial charge in [0.1, 0.15) is 12.1 Å². The van der Waals surface area contributed by atoms with Gasteiger partial charge in [-0.15, -0.1) is 0 Å². The molecule has 2 aromatic heterocycles. The molecule has 2 saturated heterocycles. The van der Waals surface area contributed by atoms with Crippen molar-refractivity contribution in [3.63, 3.8) is 0 Å². The fraction of sp³-hybridized carbons (Fsp3) is 0.417. The number of amides is 1. The van der Waals surface area contributed by atoms with Crippen molar-refractivity contribution in [2.45, 2.75) is 30.2 Å². The van der Waals surface area contributed by atoms with Crippen molar-refractivity contribution >= 4 is 24.0 Å². The first-order valence-electron chi connectivity index (χ1n) is 11.1. The average Bonchev–Trinajstić information content (AvgIpc) is 2.86. The summed E-state index contributed by atoms with van der Waals surface area (Å²) in [5.74, 6) is -1.23. The molecule has 190 valence electrons. The van der Waals surface area contributed by atoms with Gasteiger partial charge in [-0.25, -0.2) is 9.59 Å². The maximum Gasteiger partial charge on any atom is 0.509 e. The zero-order valence-electron chi connectivity index (χ0n) is 20.2. The summed E-state index contributed by atoms with van der Waals surface area (Å²) < 4.78 is 20.9. The van der Waals surface area contributed by atoms with E-state index in [0.717, 1.165) is 14.2 Å². The number of fused-ring (bicyclic) bond motifs is 2. The molecule has 4 rings (SSSR count). The maximum absolute atomic E-state index is 14.5. The highest BCUT2D eigenvalue weighted by atomic mass is 16.7. The van der Waals surface area contributed by atoms with E-state index in [1.54, 1.807) is 48.3 Å². The summed E-state index contributed by atoms with van der Waals surface area (Å²) in [7, 11) is 3.88. The minimum atomic E-state index is -2.04. The van der Waals surface area contributed by atoms with E-state index in [0.29, 0.717) is 0 Å². The number of Topliss-reactive ketones (excluding diaryl/α,β-unsaturated/α-hetero) is 1. The van der Waals surface area contributed by atoms with Gasteiger partial charge in [-0.05, 0) is 31.3 Å². The number of methoxy groups -OCH3 is 2. The first-order valence-corrected chi connectivity index (χ1v) is 11.1. The van der Waals surface area contributed by atoms with Crippen LogP contribution in [0.5, 0.6) is 0 Å². The van der Waals surface area contributed by atoms with E-state index < -0.39 is 47.3 Å². The quantitative estimate of drug-likeness (QED) is 0.569. The van der Waals surface area contributed by atoms with E-state index in [4.69, 9.17) is 18.9 Å². The Kier molecular flexibility index (Phi) is 6.63. The summed E-state index contributed by atoms with van der Waals surface area (Å²) in [6.45, 7) is 1.04. The average molecular weight is 498 g/mol. The number of carbonyl (C=O) groups is 4. The molecule has 0 saturated carbocycles. The molecule has 0 N–H and O–H groups in total. The van der Waals surface area contributed by atoms with Crippen LogP contribution in [0.1, 0.15) is 30.4 Å². The molecule has 4 heterocycles. The highest BCUT2D eigenvalue weighted by molar-refractivity contribution is 6.02. The molecule has 2 aliphatic rings. The molecule has 1 amide bonds. The van der Waals surface area contributed by atoms with Gasteiger partial charge in [-0.1, -0.05) is 12.1 Å². The molecule has 12 heteroatoms. The SMILES string of the molecule is COC(=O)OC12CN(C)CC(OC(=O)OC)(C1=O)C(c1ccccn1)N(C(C)=O)C2c1ccccn1. The van der Waals surface area contributed by atoms with Gasteiger partial charge in [0.05, 0.1) is 25.6 Å². The minimum absolute atomic E-state index is 0.132. The molecule has 2 aromatic rings. The Hall–Kier alpha value is -4.06. The van der Waals surface area contributed by atoms with Crippen LogP contribution >= 0.6 is 0 Å². The van der Waals surface area contributed by atoms with E-state index in [-0.39, 0.29) is 24.5 Å². The molecule has 0 aromatic carbocycles. The highest BCUT2D eigenvalue weighted by Crippen LogP contribution is 2.55. The number of carbonyl (C=O) groups excluding carboxylic acids is 4. The molecule has 4 atom stereocenters. The highest BCUT2D eigenvalue weighted by Gasteiger charge is 2.74. The van der Waals surface area contributed by atoms with E-state index in [2.05, 4.69) is 9.97 Å². The Morgan fingerprint density at radius 2 is 1.31 bits per heavy atom. The van der Waals surface area contributed by atoms with Crippen LogP contribution in [0.3, 0.4) is 0 Å². The number of hydrogen-bond acceptors (Lipinski definition) is 11. The summed E-state index contributed by atoms with van der Waals surface area (Å²) in [5, 5.41) is 0. The predicted molar refractivity (Wildman–Crippen MR) is 121 cm³/mol. The lowest BCUT2D eigenvalue weighted by atomic mass is 9.65. The molecular formula is C24H26N4O8. The Morgan fingerprint density at radius 3 is 1.64 bits per heavy atom. The number of likely N-dealkylation sites (tertiary alicyclic amines) is 2. The molecule has 0 radical (unpaired) electrons. The second-order valence-corrected chi connectivity index (χ2v) is 8.63. The molecular weight excluding hydrogens is 472 g/mol. The van der Waals surface area contributed by atoms with Gasteiger partial charge in [-0.3, -0.25) is 24.5 Å². The number of rotatable bonds is 4. The zero-order chi connectivity index (χ0) is 26.1. The van der Waals surface area contributed by atoms with Crippen LogP contribution < -0.4 is 0 Å². The minimum Gasteiger partial charge on any atom is -0.438 e. The normalized spacial score (nSPS) is 27.7. The van der Waals surface area contributed by atoms with Crippen LogP contribution in [0, 0.1) is 0 Å². The predicted octanol–water partition coefficient (Wildman–Crippen LogP) is 1.68. The fourth-order valence-corrected chi connectivity index (χ4v) is 5.23. The van der Waals surface area contributed by atoms with Crippen molar-refractivity contribution in [1.82, 2.24) is 19.8 Å². The summed E-state index contributed by atoms with van der Waals surface area (Å²) in [6, 6.07) is 7.56. The van der Waals surface area contributed by atoms with E-state index in [1.165, 1.54) is 24.2 Å². The molecule has 2 fully saturated rings. The van der Waals surface area contributed by atoms with E-state index in [9.17, 15) is 19.2 Å². The van der Waals surface area contributed by atoms with Crippen LogP contribution in [0.2, 0.25) is 0 Å². The maximum atomic E-state index is 14.5. The van der Waals surface area contributed by atoms with Crippen LogP contribution in [0.4, 0.5) is 9.59 Å². The molecule has 36 heavy (non-hydrogen) atoms. The molecule has 12 nitrogen and oxygen atoms in total. The van der Waals surface area contributed by atoms with Gasteiger partial charge >= 0.3 is 12.3 Å². The van der Waals surface area contributed by atoms with Gasteiger partial charge in [-0.2, -0.15) is 0 Å². The Morgan fingerprint density at radius 1 is 0.861 bits per heavy atom. The molecule has 0 spiro atoms. The van der Waals surface area contributed by atoms with Crippen LogP contribution in [0.25, 0.3) is 0 Å². The third kappa shape index (κ3) is 3.92. The van der Waals surface area contributed by atoms with E-state index in [1.807, 2.05) is 0 Å². The molecule has 2 aliphatic heterocycles. The van der Waals surface area contributed by atoms with Crippen LogP contribution in [-0.4, -0.2) is 89.3 Å². The summed E-state index contributed by atoms with van der Waals surface area (Å²) >= 11 is 0. The van der Waals surface area contributed by atoms with Gasteiger partial charge in [0.2, 0.25) is 22.9 Å². The first-order chi connectivity index (χ1) is 17.2. The summed E-state index contributed by atoms with van der Waals surface area (Å²) in [5.41, 5.74) is -3.51. The van der Waals surface area contributed by atoms with Gasteiger partial charge < -0.3 is 23.8 Å². The Labute approximate surface area is 207 Å². The van der Waals surface area contributed by atoms with Gasteiger partial charge in [0, 0.05) is 32.4 Å². The molecule has 4 unspecified atom stereocenters. The summed E-state index contributed by atoms with van der Waals surface area (Å²) in [4.78, 5) is 64.8. The largest absolute Gasteiger partial charge is 0.509 e. The number of ketones is 1. The third-order valence-corrected chi connectivity index (χ3v) is 6.38. The topological polar surface area (TPSA) is 137 Å². The zero-order valence-corrected chi connectivity index (χ0v) is 20.2. The van der Waals surface area contributed by atoms with Crippen molar-refractivity contribution in [2.24, 2.45) is 0 Å². The fourth-order valence-electron chi connectivity index (χ4n) is 5.23. The van der Waals surface area contributed by atoms with Crippen molar-refractivity contribution in [2.75, 3.05) is 34.4 Å². The van der Waals surface area contributed by atoms with Crippen LogP contribution in [0.15, 0.2) is 48.8 Å². The van der Waals surface area contributed by atoms with Crippen molar-refractivity contribution in [3.8, 4) is 0 Å². The first kappa shape index (κ1) is 25.0. The number of aromatic nitrogens is 2. The lowest BCUT2D eigenvalue weighted by molar-refractivity contribution is -0.225.